The van der Waals surface area contributed by atoms with Crippen molar-refractivity contribution < 1.29 is 18.1 Å². The number of phosphoric ester groups is 1. The lowest BCUT2D eigenvalue weighted by atomic mass is 10.3. The predicted molar refractivity (Wildman–Crippen MR) is 68.0 cm³/mol. The summed E-state index contributed by atoms with van der Waals surface area (Å²) >= 11 is 10.9. The molecule has 0 fully saturated rings. The second-order valence-corrected chi connectivity index (χ2v) is 5.25. The summed E-state index contributed by atoms with van der Waals surface area (Å²) in [6.45, 7) is 0.155. The van der Waals surface area contributed by atoms with Crippen molar-refractivity contribution in [3.8, 4) is 5.75 Å². The van der Waals surface area contributed by atoms with Crippen LogP contribution in [-0.2, 0) is 13.6 Å². The molecule has 0 spiro atoms. The fourth-order valence-electron chi connectivity index (χ4n) is 0.993. The van der Waals surface area contributed by atoms with Gasteiger partial charge in [0.05, 0.1) is 13.2 Å². The van der Waals surface area contributed by atoms with E-state index in [4.69, 9.17) is 36.8 Å². The average Bonchev–Trinajstić information content (AvgIpc) is 2.35. The van der Waals surface area contributed by atoms with E-state index in [-0.39, 0.29) is 25.0 Å². The molecule has 0 saturated heterocycles. The first kappa shape index (κ1) is 14.8. The Morgan fingerprint density at radius 3 is 2.00 bits per heavy atom. The van der Waals surface area contributed by atoms with Crippen molar-refractivity contribution in [2.75, 3.05) is 25.0 Å². The van der Waals surface area contributed by atoms with Crippen molar-refractivity contribution in [2.24, 2.45) is 0 Å². The monoisotopic (exact) mass is 298 g/mol. The van der Waals surface area contributed by atoms with Gasteiger partial charge in [-0.05, 0) is 12.1 Å². The summed E-state index contributed by atoms with van der Waals surface area (Å²) in [6, 6.07) is 8.63. The van der Waals surface area contributed by atoms with Crippen LogP contribution >= 0.6 is 31.0 Å². The zero-order chi connectivity index (χ0) is 12.6. The van der Waals surface area contributed by atoms with Gasteiger partial charge in [-0.1, -0.05) is 18.2 Å². The smallest absolute Gasteiger partial charge is 0.404 e. The van der Waals surface area contributed by atoms with Gasteiger partial charge in [0.2, 0.25) is 0 Å². The zero-order valence-electron chi connectivity index (χ0n) is 9.05. The highest BCUT2D eigenvalue weighted by atomic mass is 35.5. The maximum absolute atomic E-state index is 12.1. The maximum atomic E-state index is 12.1. The lowest BCUT2D eigenvalue weighted by molar-refractivity contribution is 0.169. The molecule has 0 heterocycles. The molecule has 0 saturated carbocycles. The number of hydrogen-bond acceptors (Lipinski definition) is 4. The van der Waals surface area contributed by atoms with Crippen LogP contribution in [0.1, 0.15) is 0 Å². The summed E-state index contributed by atoms with van der Waals surface area (Å²) in [4.78, 5) is 0. The molecule has 96 valence electrons. The van der Waals surface area contributed by atoms with Gasteiger partial charge in [0.25, 0.3) is 0 Å². The zero-order valence-corrected chi connectivity index (χ0v) is 11.5. The molecule has 17 heavy (non-hydrogen) atoms. The molecule has 0 aliphatic heterocycles. The number of benzene rings is 1. The average molecular weight is 299 g/mol. The summed E-state index contributed by atoms with van der Waals surface area (Å²) in [5.41, 5.74) is 0. The molecule has 7 heteroatoms. The minimum atomic E-state index is -3.64. The number of para-hydroxylation sites is 1. The van der Waals surface area contributed by atoms with E-state index >= 15 is 0 Å². The van der Waals surface area contributed by atoms with Gasteiger partial charge in [0, 0.05) is 11.8 Å². The third-order valence-corrected chi connectivity index (χ3v) is 3.35. The Balaban J connectivity index is 2.65. The summed E-state index contributed by atoms with van der Waals surface area (Å²) < 4.78 is 27.3. The van der Waals surface area contributed by atoms with Gasteiger partial charge in [0.15, 0.2) is 0 Å². The first-order chi connectivity index (χ1) is 8.20. The Morgan fingerprint density at radius 2 is 1.53 bits per heavy atom. The van der Waals surface area contributed by atoms with Crippen LogP contribution in [-0.4, -0.2) is 25.0 Å². The minimum absolute atomic E-state index is 0.0773. The molecule has 0 bridgehead atoms. The predicted octanol–water partition coefficient (Wildman–Crippen LogP) is 3.68. The van der Waals surface area contributed by atoms with E-state index in [9.17, 15) is 4.57 Å². The second kappa shape index (κ2) is 7.96. The largest absolute Gasteiger partial charge is 0.530 e. The van der Waals surface area contributed by atoms with Crippen LogP contribution in [0.5, 0.6) is 5.75 Å². The molecule has 1 rings (SSSR count). The van der Waals surface area contributed by atoms with Crippen LogP contribution in [0.15, 0.2) is 30.3 Å². The summed E-state index contributed by atoms with van der Waals surface area (Å²) in [5, 5.41) is 0. The number of alkyl halides is 2. The van der Waals surface area contributed by atoms with E-state index in [1.807, 2.05) is 6.07 Å². The van der Waals surface area contributed by atoms with Crippen LogP contribution in [0.3, 0.4) is 0 Å². The highest BCUT2D eigenvalue weighted by molar-refractivity contribution is 7.48. The van der Waals surface area contributed by atoms with Gasteiger partial charge in [0.1, 0.15) is 5.75 Å². The fraction of sp³-hybridized carbons (Fsp3) is 0.400. The van der Waals surface area contributed by atoms with Crippen LogP contribution < -0.4 is 4.52 Å². The highest BCUT2D eigenvalue weighted by Gasteiger charge is 2.28. The Morgan fingerprint density at radius 1 is 1.00 bits per heavy atom. The third-order valence-electron chi connectivity index (χ3n) is 1.61. The van der Waals surface area contributed by atoms with Crippen molar-refractivity contribution in [2.45, 2.75) is 0 Å². The summed E-state index contributed by atoms with van der Waals surface area (Å²) in [7, 11) is -3.64. The van der Waals surface area contributed by atoms with Gasteiger partial charge in [-0.25, -0.2) is 4.57 Å². The quantitative estimate of drug-likeness (QED) is 0.542. The molecule has 1 aromatic carbocycles. The van der Waals surface area contributed by atoms with Crippen molar-refractivity contribution in [3.63, 3.8) is 0 Å². The summed E-state index contributed by atoms with van der Waals surface area (Å²) in [6.07, 6.45) is 0. The molecule has 0 N–H and O–H groups in total. The second-order valence-electron chi connectivity index (χ2n) is 2.90. The molecule has 0 amide bonds. The molecular formula is C10H13Cl2O4P. The Labute approximate surface area is 110 Å². The first-order valence-electron chi connectivity index (χ1n) is 4.96. The first-order valence-corrected chi connectivity index (χ1v) is 7.49. The molecule has 4 nitrogen and oxygen atoms in total. The SMILES string of the molecule is O=P(OCCCl)(OCCCl)Oc1ccccc1. The molecular weight excluding hydrogens is 286 g/mol. The van der Waals surface area contributed by atoms with Crippen molar-refractivity contribution in [1.82, 2.24) is 0 Å². The van der Waals surface area contributed by atoms with E-state index in [0.717, 1.165) is 0 Å². The molecule has 1 aromatic rings. The van der Waals surface area contributed by atoms with Crippen molar-refractivity contribution >= 4 is 31.0 Å². The number of halogens is 2. The van der Waals surface area contributed by atoms with E-state index in [1.165, 1.54) is 0 Å². The standard InChI is InChI=1S/C10H13Cl2O4P/c11-6-8-14-17(13,15-9-7-12)16-10-4-2-1-3-5-10/h1-5H,6-9H2. The van der Waals surface area contributed by atoms with E-state index in [1.54, 1.807) is 24.3 Å². The minimum Gasteiger partial charge on any atom is -0.404 e. The van der Waals surface area contributed by atoms with Gasteiger partial charge < -0.3 is 4.52 Å². The van der Waals surface area contributed by atoms with Crippen LogP contribution in [0.25, 0.3) is 0 Å². The molecule has 0 aliphatic carbocycles. The van der Waals surface area contributed by atoms with Crippen LogP contribution in [0, 0.1) is 0 Å². The Bertz CT molecular complexity index is 349. The Kier molecular flexibility index (Phi) is 6.93. The number of phosphoric acid groups is 1. The van der Waals surface area contributed by atoms with Crippen LogP contribution in [0.2, 0.25) is 0 Å². The van der Waals surface area contributed by atoms with E-state index in [2.05, 4.69) is 0 Å². The topological polar surface area (TPSA) is 44.8 Å². The summed E-state index contributed by atoms with van der Waals surface area (Å²) in [5.74, 6) is 0.804. The number of rotatable bonds is 8. The molecule has 0 aromatic heterocycles. The van der Waals surface area contributed by atoms with Crippen molar-refractivity contribution in [3.05, 3.63) is 30.3 Å². The van der Waals surface area contributed by atoms with Gasteiger partial charge >= 0.3 is 7.82 Å². The van der Waals surface area contributed by atoms with E-state index < -0.39 is 7.82 Å². The molecule has 0 atom stereocenters. The van der Waals surface area contributed by atoms with E-state index in [0.29, 0.717) is 5.75 Å². The van der Waals surface area contributed by atoms with Gasteiger partial charge in [-0.15, -0.1) is 23.2 Å². The third kappa shape index (κ3) is 5.75. The molecule has 0 unspecified atom stereocenters. The normalized spacial score (nSPS) is 11.4. The molecule has 0 radical (unpaired) electrons. The van der Waals surface area contributed by atoms with Crippen LogP contribution in [0.4, 0.5) is 0 Å². The maximum Gasteiger partial charge on any atom is 0.530 e. The highest BCUT2D eigenvalue weighted by Crippen LogP contribution is 2.49. The lowest BCUT2D eigenvalue weighted by Gasteiger charge is -2.17. The van der Waals surface area contributed by atoms with Gasteiger partial charge in [-0.3, -0.25) is 9.05 Å². The fourth-order valence-corrected chi connectivity index (χ4v) is 2.55. The molecule has 0 aliphatic rings. The number of hydrogen-bond donors (Lipinski definition) is 0. The van der Waals surface area contributed by atoms with Gasteiger partial charge in [-0.2, -0.15) is 0 Å². The lowest BCUT2D eigenvalue weighted by Crippen LogP contribution is -2.06. The van der Waals surface area contributed by atoms with Crippen molar-refractivity contribution in [1.29, 1.82) is 0 Å². The Hall–Kier alpha value is -0.250.